The second-order valence-corrected chi connectivity index (χ2v) is 9.20. The zero-order valence-electron chi connectivity index (χ0n) is 20.1. The van der Waals surface area contributed by atoms with Crippen LogP contribution in [0.5, 0.6) is 0 Å². The lowest BCUT2D eigenvalue weighted by Crippen LogP contribution is -2.21. The number of carbonyl (C=O) groups excluding carboxylic acids is 2. The average molecular weight is 566 g/mol. The summed E-state index contributed by atoms with van der Waals surface area (Å²) in [6.45, 7) is 1.72. The first kappa shape index (κ1) is 25.9. The van der Waals surface area contributed by atoms with Crippen LogP contribution in [0, 0.1) is 12.7 Å². The van der Waals surface area contributed by atoms with Gasteiger partial charge in [0.25, 0.3) is 11.8 Å². The summed E-state index contributed by atoms with van der Waals surface area (Å²) in [5, 5.41) is 20.1. The molecular formula is C25H18Cl2FN9O2. The van der Waals surface area contributed by atoms with Gasteiger partial charge in [0, 0.05) is 16.8 Å². The van der Waals surface area contributed by atoms with Gasteiger partial charge < -0.3 is 11.1 Å². The number of primary amides is 1. The predicted octanol–water partition coefficient (Wildman–Crippen LogP) is 4.07. The van der Waals surface area contributed by atoms with Crippen molar-refractivity contribution in [1.29, 1.82) is 0 Å². The fourth-order valence-electron chi connectivity index (χ4n) is 3.81. The SMILES string of the molecule is Cc1cc(Cl)cc(C(N)=O)c1NC(=O)c1cc(Cn2nnc(-c3ccc(F)cc3)n2)nn1-c1ncccc1Cl. The lowest BCUT2D eigenvalue weighted by Gasteiger charge is -2.13. The molecule has 0 aliphatic carbocycles. The van der Waals surface area contributed by atoms with Crippen molar-refractivity contribution < 1.29 is 14.0 Å². The smallest absolute Gasteiger partial charge is 0.274 e. The number of nitrogens with one attached hydrogen (secondary N) is 1. The minimum atomic E-state index is -0.757. The van der Waals surface area contributed by atoms with E-state index in [1.165, 1.54) is 52.1 Å². The van der Waals surface area contributed by atoms with E-state index in [-0.39, 0.29) is 46.0 Å². The third-order valence-corrected chi connectivity index (χ3v) is 6.11. The summed E-state index contributed by atoms with van der Waals surface area (Å²) in [7, 11) is 0. The first-order chi connectivity index (χ1) is 18.7. The number of nitrogens with two attached hydrogens (primary N) is 1. The maximum atomic E-state index is 13.5. The summed E-state index contributed by atoms with van der Waals surface area (Å²) in [4.78, 5) is 31.1. The highest BCUT2D eigenvalue weighted by molar-refractivity contribution is 6.32. The molecule has 14 heteroatoms. The number of nitrogens with zero attached hydrogens (tertiary/aromatic N) is 7. The number of halogens is 3. The van der Waals surface area contributed by atoms with Gasteiger partial charge in [0.2, 0.25) is 5.82 Å². The minimum absolute atomic E-state index is 0.0401. The standard InChI is InChI=1S/C25H18Cl2FN9O2/c1-13-9-15(26)10-18(22(29)38)21(13)31-25(39)20-11-17(33-37(20)24-19(27)3-2-8-30-24)12-36-34-23(32-35-36)14-4-6-16(28)7-5-14/h2-11H,12H2,1H3,(H2,29,38)(H,31,39). The topological polar surface area (TPSA) is 146 Å². The molecule has 0 unspecified atom stereocenters. The molecule has 0 atom stereocenters. The van der Waals surface area contributed by atoms with Crippen LogP contribution in [0.1, 0.15) is 32.1 Å². The number of anilines is 1. The minimum Gasteiger partial charge on any atom is -0.366 e. The third kappa shape index (κ3) is 5.47. The Kier molecular flexibility index (Phi) is 7.05. The Labute approximate surface area is 230 Å². The van der Waals surface area contributed by atoms with Gasteiger partial charge in [-0.25, -0.2) is 14.1 Å². The molecule has 0 aliphatic heterocycles. The van der Waals surface area contributed by atoms with Gasteiger partial charge in [-0.1, -0.05) is 23.2 Å². The number of amides is 2. The number of aryl methyl sites for hydroxylation is 1. The van der Waals surface area contributed by atoms with Crippen molar-refractivity contribution in [2.24, 2.45) is 5.73 Å². The quantitative estimate of drug-likeness (QED) is 0.302. The van der Waals surface area contributed by atoms with E-state index in [4.69, 9.17) is 28.9 Å². The van der Waals surface area contributed by atoms with Crippen LogP contribution in [0.3, 0.4) is 0 Å². The normalized spacial score (nSPS) is 11.0. The molecule has 0 fully saturated rings. The second kappa shape index (κ2) is 10.6. The van der Waals surface area contributed by atoms with E-state index in [0.29, 0.717) is 21.8 Å². The lowest BCUT2D eigenvalue weighted by atomic mass is 10.1. The van der Waals surface area contributed by atoms with Crippen molar-refractivity contribution in [1.82, 2.24) is 35.0 Å². The van der Waals surface area contributed by atoms with E-state index in [9.17, 15) is 14.0 Å². The fourth-order valence-corrected chi connectivity index (χ4v) is 4.29. The van der Waals surface area contributed by atoms with Crippen LogP contribution in [0.15, 0.2) is 60.8 Å². The Bertz CT molecular complexity index is 1720. The van der Waals surface area contributed by atoms with Gasteiger partial charge in [0.15, 0.2) is 5.82 Å². The van der Waals surface area contributed by atoms with Gasteiger partial charge in [0.05, 0.1) is 22.0 Å². The summed E-state index contributed by atoms with van der Waals surface area (Å²) in [5.41, 5.74) is 7.34. The summed E-state index contributed by atoms with van der Waals surface area (Å²) in [6, 6.07) is 13.4. The highest BCUT2D eigenvalue weighted by Crippen LogP contribution is 2.27. The Morgan fingerprint density at radius 3 is 2.56 bits per heavy atom. The molecule has 39 heavy (non-hydrogen) atoms. The average Bonchev–Trinajstić information content (AvgIpc) is 3.53. The largest absolute Gasteiger partial charge is 0.366 e. The van der Waals surface area contributed by atoms with E-state index >= 15 is 0 Å². The van der Waals surface area contributed by atoms with Crippen molar-refractivity contribution >= 4 is 40.7 Å². The molecule has 0 aliphatic rings. The molecule has 5 rings (SSSR count). The van der Waals surface area contributed by atoms with Crippen LogP contribution in [0.2, 0.25) is 10.0 Å². The molecule has 196 valence electrons. The van der Waals surface area contributed by atoms with Crippen molar-refractivity contribution in [3.63, 3.8) is 0 Å². The van der Waals surface area contributed by atoms with E-state index in [1.807, 2.05) is 0 Å². The predicted molar refractivity (Wildman–Crippen MR) is 141 cm³/mol. The zero-order chi connectivity index (χ0) is 27.7. The van der Waals surface area contributed by atoms with Gasteiger partial charge >= 0.3 is 0 Å². The molecule has 0 bridgehead atoms. The number of pyridine rings is 1. The molecule has 0 spiro atoms. The van der Waals surface area contributed by atoms with Crippen molar-refractivity contribution in [3.05, 3.63) is 99.2 Å². The number of carbonyl (C=O) groups is 2. The van der Waals surface area contributed by atoms with Gasteiger partial charge in [-0.15, -0.1) is 10.2 Å². The summed E-state index contributed by atoms with van der Waals surface area (Å²) >= 11 is 12.4. The van der Waals surface area contributed by atoms with Crippen LogP contribution in [-0.4, -0.2) is 46.8 Å². The van der Waals surface area contributed by atoms with Crippen LogP contribution in [-0.2, 0) is 6.54 Å². The summed E-state index contributed by atoms with van der Waals surface area (Å²) in [5.74, 6) is -1.25. The number of benzene rings is 2. The molecule has 2 amide bonds. The number of rotatable bonds is 7. The molecule has 0 saturated carbocycles. The van der Waals surface area contributed by atoms with Gasteiger partial charge in [-0.05, 0) is 72.3 Å². The Hall–Kier alpha value is -4.68. The van der Waals surface area contributed by atoms with E-state index in [0.717, 1.165) is 0 Å². The zero-order valence-corrected chi connectivity index (χ0v) is 21.7. The highest BCUT2D eigenvalue weighted by atomic mass is 35.5. The Morgan fingerprint density at radius 2 is 1.85 bits per heavy atom. The van der Waals surface area contributed by atoms with Crippen LogP contribution >= 0.6 is 23.2 Å². The maximum absolute atomic E-state index is 13.5. The number of hydrogen-bond acceptors (Lipinski definition) is 7. The first-order valence-corrected chi connectivity index (χ1v) is 12.1. The fraction of sp³-hybridized carbons (Fsp3) is 0.0800. The molecule has 5 aromatic rings. The molecule has 3 heterocycles. The molecular weight excluding hydrogens is 548 g/mol. The third-order valence-electron chi connectivity index (χ3n) is 5.60. The molecule has 2 aromatic carbocycles. The van der Waals surface area contributed by atoms with E-state index in [1.54, 1.807) is 25.1 Å². The van der Waals surface area contributed by atoms with Crippen molar-refractivity contribution in [3.8, 4) is 17.2 Å². The van der Waals surface area contributed by atoms with E-state index in [2.05, 4.69) is 30.8 Å². The molecule has 3 N–H and O–H groups in total. The summed E-state index contributed by atoms with van der Waals surface area (Å²) in [6.07, 6.45) is 1.51. The van der Waals surface area contributed by atoms with Crippen molar-refractivity contribution in [2.45, 2.75) is 13.5 Å². The first-order valence-electron chi connectivity index (χ1n) is 11.3. The van der Waals surface area contributed by atoms with Gasteiger partial charge in [0.1, 0.15) is 18.1 Å². The molecule has 0 saturated heterocycles. The second-order valence-electron chi connectivity index (χ2n) is 8.36. The maximum Gasteiger partial charge on any atom is 0.274 e. The number of aromatic nitrogens is 7. The molecule has 0 radical (unpaired) electrons. The van der Waals surface area contributed by atoms with Crippen molar-refractivity contribution in [2.75, 3.05) is 5.32 Å². The van der Waals surface area contributed by atoms with Gasteiger partial charge in [-0.3, -0.25) is 9.59 Å². The number of hydrogen-bond donors (Lipinski definition) is 2. The highest BCUT2D eigenvalue weighted by Gasteiger charge is 2.23. The van der Waals surface area contributed by atoms with E-state index < -0.39 is 11.8 Å². The Balaban J connectivity index is 1.50. The molecule has 3 aromatic heterocycles. The van der Waals surface area contributed by atoms with Crippen LogP contribution in [0.25, 0.3) is 17.2 Å². The van der Waals surface area contributed by atoms with Crippen LogP contribution < -0.4 is 11.1 Å². The van der Waals surface area contributed by atoms with Crippen LogP contribution in [0.4, 0.5) is 10.1 Å². The monoisotopic (exact) mass is 565 g/mol. The number of tetrazole rings is 1. The summed E-state index contributed by atoms with van der Waals surface area (Å²) < 4.78 is 14.5. The lowest BCUT2D eigenvalue weighted by molar-refractivity contribution is 0.100. The Morgan fingerprint density at radius 1 is 1.08 bits per heavy atom. The molecule has 11 nitrogen and oxygen atoms in total. The van der Waals surface area contributed by atoms with Gasteiger partial charge in [-0.2, -0.15) is 9.90 Å².